The van der Waals surface area contributed by atoms with E-state index in [9.17, 15) is 9.18 Å². The fourth-order valence-corrected chi connectivity index (χ4v) is 3.62. The van der Waals surface area contributed by atoms with Gasteiger partial charge in [-0.05, 0) is 37.1 Å². The largest absolute Gasteiger partial charge is 0.489 e. The molecule has 2 aromatic carbocycles. The summed E-state index contributed by atoms with van der Waals surface area (Å²) < 4.78 is 19.6. The van der Waals surface area contributed by atoms with E-state index in [2.05, 4.69) is 4.90 Å². The Balaban J connectivity index is 1.65. The van der Waals surface area contributed by atoms with Crippen LogP contribution in [-0.2, 0) is 11.4 Å². The number of hydrogen-bond acceptors (Lipinski definition) is 3. The van der Waals surface area contributed by atoms with E-state index < -0.39 is 5.82 Å². The summed E-state index contributed by atoms with van der Waals surface area (Å²) >= 11 is 11.6. The van der Waals surface area contributed by atoms with Crippen LogP contribution in [-0.4, -0.2) is 28.9 Å². The van der Waals surface area contributed by atoms with E-state index >= 15 is 0 Å². The van der Waals surface area contributed by atoms with Crippen molar-refractivity contribution in [3.05, 3.63) is 64.4 Å². The van der Waals surface area contributed by atoms with Crippen LogP contribution in [0, 0.1) is 11.7 Å². The molecule has 1 aliphatic heterocycles. The van der Waals surface area contributed by atoms with Gasteiger partial charge in [-0.1, -0.05) is 42.0 Å². The zero-order valence-electron chi connectivity index (χ0n) is 14.7. The van der Waals surface area contributed by atoms with Gasteiger partial charge in [-0.15, -0.1) is 0 Å². The lowest BCUT2D eigenvalue weighted by Crippen LogP contribution is -2.41. The monoisotopic (exact) mass is 406 g/mol. The fraction of sp³-hybridized carbons (Fsp3) is 0.300. The zero-order valence-corrected chi connectivity index (χ0v) is 16.2. The molecular formula is C20H20ClFN2O2S. The zero-order chi connectivity index (χ0) is 19.4. The summed E-state index contributed by atoms with van der Waals surface area (Å²) in [6.07, 6.45) is 1.41. The Morgan fingerprint density at radius 3 is 2.63 bits per heavy atom. The number of carbonyl (C=O) groups is 1. The van der Waals surface area contributed by atoms with Crippen molar-refractivity contribution in [2.45, 2.75) is 19.4 Å². The van der Waals surface area contributed by atoms with Gasteiger partial charge in [0.1, 0.15) is 23.2 Å². The molecule has 0 saturated carbocycles. The van der Waals surface area contributed by atoms with Gasteiger partial charge in [0.05, 0.1) is 5.02 Å². The van der Waals surface area contributed by atoms with Gasteiger partial charge in [0.15, 0.2) is 0 Å². The SMILES string of the molecule is NC(=O)C1CCN(C(=S)c2cccc(OCc3c(F)cccc3Cl)c2)CC1. The van der Waals surface area contributed by atoms with Crippen LogP contribution in [0.5, 0.6) is 5.75 Å². The predicted octanol–water partition coefficient (Wildman–Crippen LogP) is 3.93. The molecule has 1 fully saturated rings. The fourth-order valence-electron chi connectivity index (χ4n) is 3.09. The van der Waals surface area contributed by atoms with Gasteiger partial charge >= 0.3 is 0 Å². The lowest BCUT2D eigenvalue weighted by Gasteiger charge is -2.32. The Kier molecular flexibility index (Phi) is 6.29. The highest BCUT2D eigenvalue weighted by molar-refractivity contribution is 7.80. The van der Waals surface area contributed by atoms with Crippen LogP contribution in [0.2, 0.25) is 5.02 Å². The molecule has 4 nitrogen and oxygen atoms in total. The molecule has 0 aromatic heterocycles. The number of amides is 1. The topological polar surface area (TPSA) is 55.6 Å². The van der Waals surface area contributed by atoms with Crippen molar-refractivity contribution in [1.29, 1.82) is 0 Å². The number of benzene rings is 2. The molecule has 0 unspecified atom stereocenters. The second-order valence-corrected chi connectivity index (χ2v) is 7.28. The van der Waals surface area contributed by atoms with Crippen LogP contribution in [0.15, 0.2) is 42.5 Å². The number of primary amides is 1. The van der Waals surface area contributed by atoms with Crippen molar-refractivity contribution in [2.75, 3.05) is 13.1 Å². The summed E-state index contributed by atoms with van der Waals surface area (Å²) in [6, 6.07) is 11.9. The molecule has 0 aliphatic carbocycles. The number of nitrogens with zero attached hydrogens (tertiary/aromatic N) is 1. The van der Waals surface area contributed by atoms with E-state index in [1.807, 2.05) is 18.2 Å². The molecule has 1 amide bonds. The number of thiocarbonyl (C=S) groups is 1. The maximum atomic E-state index is 13.9. The van der Waals surface area contributed by atoms with Crippen molar-refractivity contribution in [2.24, 2.45) is 11.7 Å². The number of nitrogens with two attached hydrogens (primary N) is 1. The Labute approximate surface area is 168 Å². The molecule has 0 radical (unpaired) electrons. The van der Waals surface area contributed by atoms with Crippen molar-refractivity contribution in [3.8, 4) is 5.75 Å². The Hall–Kier alpha value is -2.18. The highest BCUT2D eigenvalue weighted by Crippen LogP contribution is 2.24. The molecular weight excluding hydrogens is 387 g/mol. The van der Waals surface area contributed by atoms with Gasteiger partial charge < -0.3 is 15.4 Å². The second kappa shape index (κ2) is 8.67. The molecule has 1 heterocycles. The number of halogens is 2. The summed E-state index contributed by atoms with van der Waals surface area (Å²) in [5.74, 6) is -0.139. The van der Waals surface area contributed by atoms with Gasteiger partial charge in [-0.3, -0.25) is 4.79 Å². The first-order valence-corrected chi connectivity index (χ1v) is 9.48. The minimum Gasteiger partial charge on any atom is -0.489 e. The van der Waals surface area contributed by atoms with Gasteiger partial charge in [0.25, 0.3) is 0 Å². The number of ether oxygens (including phenoxy) is 1. The van der Waals surface area contributed by atoms with Crippen LogP contribution in [0.1, 0.15) is 24.0 Å². The maximum absolute atomic E-state index is 13.9. The molecule has 2 N–H and O–H groups in total. The third-order valence-electron chi connectivity index (χ3n) is 4.71. The number of likely N-dealkylation sites (tertiary alicyclic amines) is 1. The van der Waals surface area contributed by atoms with Crippen molar-refractivity contribution in [1.82, 2.24) is 4.90 Å². The summed E-state index contributed by atoms with van der Waals surface area (Å²) in [5, 5.41) is 0.332. The third kappa shape index (κ3) is 4.76. The van der Waals surface area contributed by atoms with Crippen LogP contribution in [0.4, 0.5) is 4.39 Å². The lowest BCUT2D eigenvalue weighted by atomic mass is 9.96. The Morgan fingerprint density at radius 2 is 1.96 bits per heavy atom. The van der Waals surface area contributed by atoms with Gasteiger partial charge in [0.2, 0.25) is 5.91 Å². The first-order valence-electron chi connectivity index (χ1n) is 8.70. The highest BCUT2D eigenvalue weighted by Gasteiger charge is 2.24. The lowest BCUT2D eigenvalue weighted by molar-refractivity contribution is -0.122. The first kappa shape index (κ1) is 19.6. The average Bonchev–Trinajstić information content (AvgIpc) is 2.67. The molecule has 0 bridgehead atoms. The summed E-state index contributed by atoms with van der Waals surface area (Å²) in [6.45, 7) is 1.43. The summed E-state index contributed by atoms with van der Waals surface area (Å²) in [4.78, 5) is 14.1. The molecule has 3 rings (SSSR count). The van der Waals surface area contributed by atoms with Gasteiger partial charge in [-0.25, -0.2) is 4.39 Å². The average molecular weight is 407 g/mol. The predicted molar refractivity (Wildman–Crippen MR) is 107 cm³/mol. The van der Waals surface area contributed by atoms with E-state index in [0.29, 0.717) is 47.3 Å². The van der Waals surface area contributed by atoms with Crippen molar-refractivity contribution < 1.29 is 13.9 Å². The van der Waals surface area contributed by atoms with Gasteiger partial charge in [0, 0.05) is 30.1 Å². The minimum absolute atomic E-state index is 0.0335. The van der Waals surface area contributed by atoms with E-state index in [4.69, 9.17) is 34.3 Å². The number of carbonyl (C=O) groups excluding carboxylic acids is 1. The van der Waals surface area contributed by atoms with E-state index in [1.54, 1.807) is 18.2 Å². The quantitative estimate of drug-likeness (QED) is 0.764. The van der Waals surface area contributed by atoms with Crippen LogP contribution in [0.3, 0.4) is 0 Å². The van der Waals surface area contributed by atoms with Crippen LogP contribution in [0.25, 0.3) is 0 Å². The van der Waals surface area contributed by atoms with Crippen molar-refractivity contribution in [3.63, 3.8) is 0 Å². The molecule has 0 spiro atoms. The summed E-state index contributed by atoms with van der Waals surface area (Å²) in [7, 11) is 0. The molecule has 0 atom stereocenters. The highest BCUT2D eigenvalue weighted by atomic mass is 35.5. The normalized spacial score (nSPS) is 14.8. The number of hydrogen-bond donors (Lipinski definition) is 1. The van der Waals surface area contributed by atoms with E-state index in [-0.39, 0.29) is 18.4 Å². The Morgan fingerprint density at radius 1 is 1.26 bits per heavy atom. The van der Waals surface area contributed by atoms with E-state index in [0.717, 1.165) is 5.56 Å². The smallest absolute Gasteiger partial charge is 0.220 e. The van der Waals surface area contributed by atoms with Crippen LogP contribution >= 0.6 is 23.8 Å². The van der Waals surface area contributed by atoms with Gasteiger partial charge in [-0.2, -0.15) is 0 Å². The standard InChI is InChI=1S/C20H20ClFN2O2S/c21-17-5-2-6-18(22)16(17)12-26-15-4-1-3-14(11-15)20(27)24-9-7-13(8-10-24)19(23)25/h1-6,11,13H,7-10,12H2,(H2,23,25). The molecule has 27 heavy (non-hydrogen) atoms. The Bertz CT molecular complexity index is 833. The molecule has 1 aliphatic rings. The van der Waals surface area contributed by atoms with Crippen LogP contribution < -0.4 is 10.5 Å². The molecule has 7 heteroatoms. The van der Waals surface area contributed by atoms with Crippen molar-refractivity contribution >= 4 is 34.7 Å². The minimum atomic E-state index is -0.397. The maximum Gasteiger partial charge on any atom is 0.220 e. The molecule has 1 saturated heterocycles. The van der Waals surface area contributed by atoms with E-state index in [1.165, 1.54) is 6.07 Å². The number of piperidine rings is 1. The molecule has 2 aromatic rings. The third-order valence-corrected chi connectivity index (χ3v) is 5.56. The second-order valence-electron chi connectivity index (χ2n) is 6.49. The first-order chi connectivity index (χ1) is 13.0. The number of rotatable bonds is 5. The summed E-state index contributed by atoms with van der Waals surface area (Å²) in [5.41, 5.74) is 6.55. The molecule has 142 valence electrons.